The van der Waals surface area contributed by atoms with Crippen LogP contribution in [0.2, 0.25) is 0 Å². The van der Waals surface area contributed by atoms with Gasteiger partial charge in [0.25, 0.3) is 5.91 Å². The van der Waals surface area contributed by atoms with Crippen LogP contribution in [0.3, 0.4) is 0 Å². The molecule has 0 bridgehead atoms. The molecule has 1 aliphatic rings. The van der Waals surface area contributed by atoms with Gasteiger partial charge >= 0.3 is 5.97 Å². The molecule has 2 rings (SSSR count). The van der Waals surface area contributed by atoms with E-state index in [1.54, 1.807) is 0 Å². The first-order valence-corrected chi connectivity index (χ1v) is 7.24. The van der Waals surface area contributed by atoms with E-state index in [4.69, 9.17) is 9.47 Å². The first kappa shape index (κ1) is 15.5. The van der Waals surface area contributed by atoms with Crippen molar-refractivity contribution >= 4 is 17.6 Å². The van der Waals surface area contributed by atoms with Gasteiger partial charge < -0.3 is 14.8 Å². The molecule has 1 heterocycles. The summed E-state index contributed by atoms with van der Waals surface area (Å²) in [5.74, 6) is -0.362. The second-order valence-corrected chi connectivity index (χ2v) is 5.43. The first-order chi connectivity index (χ1) is 10.1. The van der Waals surface area contributed by atoms with Gasteiger partial charge in [-0.1, -0.05) is 26.0 Å². The minimum Gasteiger partial charge on any atom is -0.454 e. The van der Waals surface area contributed by atoms with Gasteiger partial charge in [-0.2, -0.15) is 0 Å². The van der Waals surface area contributed by atoms with Gasteiger partial charge in [0.05, 0.1) is 0 Å². The summed E-state index contributed by atoms with van der Waals surface area (Å²) in [5.41, 5.74) is 1.90. The van der Waals surface area contributed by atoms with Crippen LogP contribution in [0.15, 0.2) is 24.3 Å². The topological polar surface area (TPSA) is 64.6 Å². The molecule has 1 fully saturated rings. The van der Waals surface area contributed by atoms with Crippen molar-refractivity contribution < 1.29 is 19.1 Å². The second kappa shape index (κ2) is 7.22. The molecule has 5 heteroatoms. The minimum absolute atomic E-state index is 0.287. The molecule has 1 amide bonds. The third kappa shape index (κ3) is 4.56. The van der Waals surface area contributed by atoms with E-state index in [-0.39, 0.29) is 12.5 Å². The highest BCUT2D eigenvalue weighted by molar-refractivity contribution is 5.93. The lowest BCUT2D eigenvalue weighted by molar-refractivity contribution is -0.156. The molecule has 1 aliphatic heterocycles. The molecule has 1 atom stereocenters. The Hall–Kier alpha value is -1.88. The van der Waals surface area contributed by atoms with Gasteiger partial charge in [-0.15, -0.1) is 0 Å². The van der Waals surface area contributed by atoms with E-state index in [2.05, 4.69) is 19.2 Å². The van der Waals surface area contributed by atoms with Crippen LogP contribution >= 0.6 is 0 Å². The fourth-order valence-electron chi connectivity index (χ4n) is 2.14. The molecule has 1 aromatic carbocycles. The third-order valence-electron chi connectivity index (χ3n) is 3.40. The maximum absolute atomic E-state index is 11.7. The highest BCUT2D eigenvalue weighted by Gasteiger charge is 2.25. The summed E-state index contributed by atoms with van der Waals surface area (Å²) in [5, 5.41) is 2.70. The Balaban J connectivity index is 1.77. The Kier molecular flexibility index (Phi) is 5.33. The summed E-state index contributed by atoms with van der Waals surface area (Å²) in [4.78, 5) is 23.3. The molecule has 21 heavy (non-hydrogen) atoms. The number of nitrogens with one attached hydrogen (secondary N) is 1. The molecule has 1 N–H and O–H groups in total. The standard InChI is InChI=1S/C16H21NO4/c1-11(2)12-5-7-13(8-6-12)17-15(18)10-21-16(19)14-4-3-9-20-14/h5-8,11,14H,3-4,9-10H2,1-2H3,(H,17,18)/t14-/m1/s1. The average molecular weight is 291 g/mol. The highest BCUT2D eigenvalue weighted by Crippen LogP contribution is 2.17. The molecule has 0 radical (unpaired) electrons. The normalized spacial score (nSPS) is 17.8. The van der Waals surface area contributed by atoms with Crippen LogP contribution in [0.25, 0.3) is 0 Å². The molecular formula is C16H21NO4. The van der Waals surface area contributed by atoms with Gasteiger partial charge in [-0.05, 0) is 36.5 Å². The van der Waals surface area contributed by atoms with E-state index in [1.807, 2.05) is 24.3 Å². The second-order valence-electron chi connectivity index (χ2n) is 5.43. The van der Waals surface area contributed by atoms with E-state index in [1.165, 1.54) is 5.56 Å². The van der Waals surface area contributed by atoms with E-state index < -0.39 is 12.1 Å². The number of hydrogen-bond donors (Lipinski definition) is 1. The van der Waals surface area contributed by atoms with Crippen LogP contribution in [-0.4, -0.2) is 31.2 Å². The minimum atomic E-state index is -0.511. The number of carbonyl (C=O) groups excluding carboxylic acids is 2. The summed E-state index contributed by atoms with van der Waals surface area (Å²) in [7, 11) is 0. The molecule has 5 nitrogen and oxygen atoms in total. The number of benzene rings is 1. The zero-order valence-corrected chi connectivity index (χ0v) is 12.4. The van der Waals surface area contributed by atoms with Gasteiger partial charge in [0.2, 0.25) is 0 Å². The molecule has 0 spiro atoms. The summed E-state index contributed by atoms with van der Waals surface area (Å²) < 4.78 is 10.1. The zero-order valence-electron chi connectivity index (χ0n) is 12.4. The van der Waals surface area contributed by atoms with Crippen LogP contribution in [0.4, 0.5) is 5.69 Å². The summed E-state index contributed by atoms with van der Waals surface area (Å²) in [6.07, 6.45) is 1.01. The number of hydrogen-bond acceptors (Lipinski definition) is 4. The van der Waals surface area contributed by atoms with Gasteiger partial charge in [-0.3, -0.25) is 4.79 Å². The van der Waals surface area contributed by atoms with E-state index in [0.717, 1.165) is 6.42 Å². The quantitative estimate of drug-likeness (QED) is 0.846. The van der Waals surface area contributed by atoms with Gasteiger partial charge in [-0.25, -0.2) is 4.79 Å². The summed E-state index contributed by atoms with van der Waals surface area (Å²) >= 11 is 0. The lowest BCUT2D eigenvalue weighted by atomic mass is 10.0. The van der Waals surface area contributed by atoms with Gasteiger partial charge in [0.15, 0.2) is 12.7 Å². The van der Waals surface area contributed by atoms with Crippen molar-refractivity contribution in [2.75, 3.05) is 18.5 Å². The van der Waals surface area contributed by atoms with Crippen molar-refractivity contribution in [1.82, 2.24) is 0 Å². The third-order valence-corrected chi connectivity index (χ3v) is 3.40. The first-order valence-electron chi connectivity index (χ1n) is 7.24. The Morgan fingerprint density at radius 1 is 1.33 bits per heavy atom. The van der Waals surface area contributed by atoms with Crippen molar-refractivity contribution in [3.8, 4) is 0 Å². The predicted octanol–water partition coefficient (Wildman–Crippen LogP) is 2.47. The van der Waals surface area contributed by atoms with Crippen LogP contribution in [0, 0.1) is 0 Å². The fraction of sp³-hybridized carbons (Fsp3) is 0.500. The number of amides is 1. The van der Waals surface area contributed by atoms with Crippen molar-refractivity contribution in [3.63, 3.8) is 0 Å². The van der Waals surface area contributed by atoms with E-state index in [9.17, 15) is 9.59 Å². The SMILES string of the molecule is CC(C)c1ccc(NC(=O)COC(=O)[C@H]2CCCO2)cc1. The molecular weight excluding hydrogens is 270 g/mol. The number of rotatable bonds is 5. The molecule has 0 aromatic heterocycles. The Morgan fingerprint density at radius 3 is 2.62 bits per heavy atom. The van der Waals surface area contributed by atoms with Crippen LogP contribution in [-0.2, 0) is 19.1 Å². The smallest absolute Gasteiger partial charge is 0.335 e. The molecule has 114 valence electrons. The molecule has 0 saturated carbocycles. The molecule has 1 aromatic rings. The largest absolute Gasteiger partial charge is 0.454 e. The predicted molar refractivity (Wildman–Crippen MR) is 79.1 cm³/mol. The van der Waals surface area contributed by atoms with Gasteiger partial charge in [0.1, 0.15) is 0 Å². The van der Waals surface area contributed by atoms with Crippen LogP contribution in [0.5, 0.6) is 0 Å². The highest BCUT2D eigenvalue weighted by atomic mass is 16.6. The molecule has 0 aliphatic carbocycles. The Labute approximate surface area is 124 Å². The van der Waals surface area contributed by atoms with Crippen LogP contribution < -0.4 is 5.32 Å². The lowest BCUT2D eigenvalue weighted by Gasteiger charge is -2.10. The van der Waals surface area contributed by atoms with Crippen molar-refractivity contribution in [2.24, 2.45) is 0 Å². The summed E-state index contributed by atoms with van der Waals surface area (Å²) in [6.45, 7) is 4.51. The number of anilines is 1. The lowest BCUT2D eigenvalue weighted by Crippen LogP contribution is -2.27. The zero-order chi connectivity index (χ0) is 15.2. The molecule has 0 unspecified atom stereocenters. The summed E-state index contributed by atoms with van der Waals surface area (Å²) in [6, 6.07) is 7.63. The number of carbonyl (C=O) groups is 2. The molecule has 1 saturated heterocycles. The monoisotopic (exact) mass is 291 g/mol. The van der Waals surface area contributed by atoms with Gasteiger partial charge in [0, 0.05) is 12.3 Å². The number of esters is 1. The van der Waals surface area contributed by atoms with Crippen molar-refractivity contribution in [1.29, 1.82) is 0 Å². The van der Waals surface area contributed by atoms with Crippen molar-refractivity contribution in [3.05, 3.63) is 29.8 Å². The Bertz CT molecular complexity index is 490. The average Bonchev–Trinajstić information content (AvgIpc) is 2.99. The fourth-order valence-corrected chi connectivity index (χ4v) is 2.14. The van der Waals surface area contributed by atoms with Crippen LogP contribution in [0.1, 0.15) is 38.2 Å². The Morgan fingerprint density at radius 2 is 2.05 bits per heavy atom. The van der Waals surface area contributed by atoms with Crippen molar-refractivity contribution in [2.45, 2.75) is 38.7 Å². The maximum Gasteiger partial charge on any atom is 0.335 e. The maximum atomic E-state index is 11.7. The van der Waals surface area contributed by atoms with E-state index >= 15 is 0 Å². The number of ether oxygens (including phenoxy) is 2. The van der Waals surface area contributed by atoms with E-state index in [0.29, 0.717) is 24.6 Å².